The van der Waals surface area contributed by atoms with Gasteiger partial charge in [0, 0.05) is 49.8 Å². The quantitative estimate of drug-likeness (QED) is 0.107. The molecule has 3 rings (SSSR count). The molecule has 0 aliphatic heterocycles. The Kier molecular flexibility index (Phi) is 14.9. The van der Waals surface area contributed by atoms with Crippen LogP contribution in [0.15, 0.2) is 78.9 Å². The molecule has 43 heavy (non-hydrogen) atoms. The first-order chi connectivity index (χ1) is 21.0. The Balaban J connectivity index is 1.56. The third-order valence-electron chi connectivity index (χ3n) is 7.03. The highest BCUT2D eigenvalue weighted by molar-refractivity contribution is 5.69. The Labute approximate surface area is 254 Å². The van der Waals surface area contributed by atoms with Crippen molar-refractivity contribution in [2.45, 2.75) is 44.1 Å². The van der Waals surface area contributed by atoms with Gasteiger partial charge in [-0.2, -0.15) is 0 Å². The number of anilines is 2. The van der Waals surface area contributed by atoms with Gasteiger partial charge < -0.3 is 35.3 Å². The van der Waals surface area contributed by atoms with Crippen LogP contribution in [0.4, 0.5) is 11.4 Å². The fourth-order valence-corrected chi connectivity index (χ4v) is 4.61. The lowest BCUT2D eigenvalue weighted by Crippen LogP contribution is -2.32. The number of methoxy groups -OCH3 is 2. The third-order valence-corrected chi connectivity index (χ3v) is 7.03. The van der Waals surface area contributed by atoms with Gasteiger partial charge >= 0.3 is 11.9 Å². The minimum atomic E-state index is -0.618. The number of carbonyl (C=O) groups is 2. The highest BCUT2D eigenvalue weighted by atomic mass is 16.5. The van der Waals surface area contributed by atoms with Crippen LogP contribution in [-0.4, -0.2) is 70.2 Å². The van der Waals surface area contributed by atoms with Gasteiger partial charge in [0.1, 0.15) is 18.5 Å². The molecular formula is C34H45N3O6. The number of hydrogen-bond acceptors (Lipinski definition) is 9. The van der Waals surface area contributed by atoms with Crippen molar-refractivity contribution in [2.75, 3.05) is 57.6 Å². The molecule has 0 saturated heterocycles. The largest absolute Gasteiger partial charge is 0.491 e. The van der Waals surface area contributed by atoms with Gasteiger partial charge in [-0.3, -0.25) is 9.59 Å². The van der Waals surface area contributed by atoms with Crippen molar-refractivity contribution < 1.29 is 28.9 Å². The number of carbonyl (C=O) groups excluding carboxylic acids is 2. The van der Waals surface area contributed by atoms with Crippen LogP contribution in [0.1, 0.15) is 49.1 Å². The fraction of sp³-hybridized carbons (Fsp3) is 0.412. The summed E-state index contributed by atoms with van der Waals surface area (Å²) in [6.07, 6.45) is 2.40. The molecular weight excluding hydrogens is 546 g/mol. The number of ether oxygens (including phenoxy) is 3. The summed E-state index contributed by atoms with van der Waals surface area (Å²) in [5.41, 5.74) is 4.37. The van der Waals surface area contributed by atoms with Crippen LogP contribution in [0, 0.1) is 0 Å². The summed E-state index contributed by atoms with van der Waals surface area (Å²) >= 11 is 0. The third kappa shape index (κ3) is 12.8. The molecule has 0 spiro atoms. The maximum atomic E-state index is 11.3. The van der Waals surface area contributed by atoms with Gasteiger partial charge in [0.2, 0.25) is 0 Å². The predicted molar refractivity (Wildman–Crippen MR) is 170 cm³/mol. The molecule has 0 aliphatic rings. The van der Waals surface area contributed by atoms with E-state index in [4.69, 9.17) is 14.2 Å². The highest BCUT2D eigenvalue weighted by Crippen LogP contribution is 2.30. The maximum Gasteiger partial charge on any atom is 0.305 e. The predicted octanol–water partition coefficient (Wildman–Crippen LogP) is 4.97. The van der Waals surface area contributed by atoms with Crippen LogP contribution in [-0.2, 0) is 19.1 Å². The van der Waals surface area contributed by atoms with Gasteiger partial charge in [0.05, 0.1) is 14.2 Å². The zero-order valence-corrected chi connectivity index (χ0v) is 25.2. The zero-order chi connectivity index (χ0) is 30.7. The Morgan fingerprint density at radius 3 is 1.72 bits per heavy atom. The molecule has 232 valence electrons. The summed E-state index contributed by atoms with van der Waals surface area (Å²) in [4.78, 5) is 22.7. The lowest BCUT2D eigenvalue weighted by molar-refractivity contribution is -0.141. The van der Waals surface area contributed by atoms with Crippen LogP contribution in [0.2, 0.25) is 0 Å². The maximum absolute atomic E-state index is 11.3. The standard InChI is InChI=1S/C34H45N3O6/c1-41-33(39)10-6-21-36-28-16-12-26(13-17-28)32(20-23-35-24-30(38)25-43-31-8-4-3-5-9-31)27-14-18-29(19-15-27)37-22-7-11-34(40)42-2/h3-5,8-9,12-19,30,32,35-38H,6-7,10-11,20-25H2,1-2H3/t30-/m0/s1. The summed E-state index contributed by atoms with van der Waals surface area (Å²) in [5, 5.41) is 20.5. The van der Waals surface area contributed by atoms with E-state index < -0.39 is 6.10 Å². The van der Waals surface area contributed by atoms with Crippen LogP contribution in [0.3, 0.4) is 0 Å². The van der Waals surface area contributed by atoms with Crippen molar-refractivity contribution in [2.24, 2.45) is 0 Å². The van der Waals surface area contributed by atoms with E-state index in [0.717, 1.165) is 23.5 Å². The SMILES string of the molecule is COC(=O)CCCNc1ccc(C(CCNC[C@H](O)COc2ccccc2)c2ccc(NCCCC(=O)OC)cc2)cc1. The van der Waals surface area contributed by atoms with Crippen molar-refractivity contribution in [3.05, 3.63) is 90.0 Å². The van der Waals surface area contributed by atoms with Gasteiger partial charge in [-0.05, 0) is 73.3 Å². The van der Waals surface area contributed by atoms with E-state index in [1.54, 1.807) is 0 Å². The number of hydrogen-bond donors (Lipinski definition) is 4. The van der Waals surface area contributed by atoms with E-state index in [1.165, 1.54) is 25.3 Å². The minimum Gasteiger partial charge on any atom is -0.491 e. The molecule has 4 N–H and O–H groups in total. The van der Waals surface area contributed by atoms with Crippen molar-refractivity contribution in [1.82, 2.24) is 5.32 Å². The Hall–Kier alpha value is -4.08. The van der Waals surface area contributed by atoms with Crippen molar-refractivity contribution in [3.63, 3.8) is 0 Å². The second kappa shape index (κ2) is 19.2. The molecule has 3 aromatic carbocycles. The number of aliphatic hydroxyl groups excluding tert-OH is 1. The summed E-state index contributed by atoms with van der Waals surface area (Å²) < 4.78 is 15.1. The molecule has 0 radical (unpaired) electrons. The number of esters is 2. The van der Waals surface area contributed by atoms with Crippen LogP contribution in [0.5, 0.6) is 5.75 Å². The van der Waals surface area contributed by atoms with E-state index in [2.05, 4.69) is 64.5 Å². The summed E-state index contributed by atoms with van der Waals surface area (Å²) in [7, 11) is 2.81. The lowest BCUT2D eigenvalue weighted by Gasteiger charge is -2.20. The molecule has 0 bridgehead atoms. The number of rotatable bonds is 20. The number of benzene rings is 3. The number of para-hydroxylation sites is 1. The molecule has 0 aliphatic carbocycles. The molecule has 3 aromatic rings. The minimum absolute atomic E-state index is 0.145. The molecule has 0 heterocycles. The summed E-state index contributed by atoms with van der Waals surface area (Å²) in [6, 6.07) is 26.3. The molecule has 0 aromatic heterocycles. The molecule has 0 unspecified atom stereocenters. The first-order valence-corrected chi connectivity index (χ1v) is 14.9. The number of aliphatic hydroxyl groups is 1. The molecule has 9 heteroatoms. The monoisotopic (exact) mass is 591 g/mol. The highest BCUT2D eigenvalue weighted by Gasteiger charge is 2.15. The first kappa shape index (κ1) is 33.4. The average molecular weight is 592 g/mol. The van der Waals surface area contributed by atoms with Crippen LogP contribution < -0.4 is 20.7 Å². The topological polar surface area (TPSA) is 118 Å². The smallest absolute Gasteiger partial charge is 0.305 e. The average Bonchev–Trinajstić information content (AvgIpc) is 3.05. The van der Waals surface area contributed by atoms with Gasteiger partial charge in [-0.1, -0.05) is 42.5 Å². The zero-order valence-electron chi connectivity index (χ0n) is 25.2. The molecule has 0 amide bonds. The molecule has 0 fully saturated rings. The van der Waals surface area contributed by atoms with E-state index in [9.17, 15) is 14.7 Å². The van der Waals surface area contributed by atoms with Crippen LogP contribution >= 0.6 is 0 Å². The molecule has 1 atom stereocenters. The van der Waals surface area contributed by atoms with E-state index in [0.29, 0.717) is 51.9 Å². The normalized spacial score (nSPS) is 11.5. The van der Waals surface area contributed by atoms with E-state index in [1.807, 2.05) is 30.3 Å². The molecule has 9 nitrogen and oxygen atoms in total. The van der Waals surface area contributed by atoms with Gasteiger partial charge in [0.15, 0.2) is 0 Å². The van der Waals surface area contributed by atoms with Gasteiger partial charge in [-0.25, -0.2) is 0 Å². The van der Waals surface area contributed by atoms with Crippen LogP contribution in [0.25, 0.3) is 0 Å². The van der Waals surface area contributed by atoms with Crippen molar-refractivity contribution in [1.29, 1.82) is 0 Å². The van der Waals surface area contributed by atoms with E-state index in [-0.39, 0.29) is 24.5 Å². The second-order valence-electron chi connectivity index (χ2n) is 10.3. The second-order valence-corrected chi connectivity index (χ2v) is 10.3. The first-order valence-electron chi connectivity index (χ1n) is 14.9. The van der Waals surface area contributed by atoms with Crippen molar-refractivity contribution in [3.8, 4) is 5.75 Å². The number of nitrogens with one attached hydrogen (secondary N) is 3. The van der Waals surface area contributed by atoms with Crippen molar-refractivity contribution >= 4 is 23.3 Å². The Bertz CT molecular complexity index is 1140. The van der Waals surface area contributed by atoms with Gasteiger partial charge in [0.25, 0.3) is 0 Å². The Morgan fingerprint density at radius 2 is 1.23 bits per heavy atom. The lowest BCUT2D eigenvalue weighted by atomic mass is 9.88. The summed E-state index contributed by atoms with van der Waals surface area (Å²) in [5.74, 6) is 0.482. The fourth-order valence-electron chi connectivity index (χ4n) is 4.61. The van der Waals surface area contributed by atoms with Gasteiger partial charge in [-0.15, -0.1) is 0 Å². The Morgan fingerprint density at radius 1 is 0.721 bits per heavy atom. The molecule has 0 saturated carbocycles. The van der Waals surface area contributed by atoms with E-state index >= 15 is 0 Å². The summed E-state index contributed by atoms with van der Waals surface area (Å²) in [6.45, 7) is 2.75.